The predicted octanol–water partition coefficient (Wildman–Crippen LogP) is 4.66. The van der Waals surface area contributed by atoms with Crippen LogP contribution in [0.25, 0.3) is 0 Å². The van der Waals surface area contributed by atoms with E-state index in [1.165, 1.54) is 0 Å². The molecule has 0 fully saturated rings. The summed E-state index contributed by atoms with van der Waals surface area (Å²) in [5.74, 6) is -0.149. The maximum Gasteiger partial charge on any atom is 0.256 e. The normalized spacial score (nSPS) is 10.2. The predicted molar refractivity (Wildman–Crippen MR) is 78.3 cm³/mol. The Morgan fingerprint density at radius 2 is 1.83 bits per heavy atom. The van der Waals surface area contributed by atoms with Gasteiger partial charge in [0.1, 0.15) is 0 Å². The van der Waals surface area contributed by atoms with Crippen LogP contribution in [0.1, 0.15) is 15.9 Å². The monoisotopic (exact) mass is 323 g/mol. The fourth-order valence-electron chi connectivity index (χ4n) is 1.54. The molecule has 0 saturated carbocycles. The van der Waals surface area contributed by atoms with Crippen LogP contribution in [0.15, 0.2) is 46.9 Å². The van der Waals surface area contributed by atoms with Gasteiger partial charge < -0.3 is 5.32 Å². The first-order valence-corrected chi connectivity index (χ1v) is 6.56. The Bertz CT molecular complexity index is 581. The van der Waals surface area contributed by atoms with Gasteiger partial charge in [-0.2, -0.15) is 0 Å². The van der Waals surface area contributed by atoms with Gasteiger partial charge in [-0.25, -0.2) is 0 Å². The zero-order valence-corrected chi connectivity index (χ0v) is 12.0. The lowest BCUT2D eigenvalue weighted by molar-refractivity contribution is 0.102. The van der Waals surface area contributed by atoms with Gasteiger partial charge in [0.25, 0.3) is 5.91 Å². The molecule has 2 nitrogen and oxygen atoms in total. The first-order valence-electron chi connectivity index (χ1n) is 5.39. The molecule has 0 aliphatic carbocycles. The standard InChI is InChI=1S/C14H11BrClNO/c1-9-2-7-12(13(15)8-9)14(18)17-11-5-3-10(16)4-6-11/h2-8H,1H3,(H,17,18). The number of anilines is 1. The largest absolute Gasteiger partial charge is 0.322 e. The summed E-state index contributed by atoms with van der Waals surface area (Å²) in [4.78, 5) is 12.1. The van der Waals surface area contributed by atoms with Gasteiger partial charge in [-0.3, -0.25) is 4.79 Å². The number of aryl methyl sites for hydroxylation is 1. The van der Waals surface area contributed by atoms with Gasteiger partial charge >= 0.3 is 0 Å². The average Bonchev–Trinajstić information content (AvgIpc) is 2.32. The quantitative estimate of drug-likeness (QED) is 0.855. The first-order chi connectivity index (χ1) is 8.56. The lowest BCUT2D eigenvalue weighted by Gasteiger charge is -2.07. The third-order valence-corrected chi connectivity index (χ3v) is 3.38. The number of amides is 1. The molecule has 2 rings (SSSR count). The van der Waals surface area contributed by atoms with E-state index in [2.05, 4.69) is 21.2 Å². The van der Waals surface area contributed by atoms with Gasteiger partial charge in [-0.15, -0.1) is 0 Å². The molecule has 0 spiro atoms. The molecule has 92 valence electrons. The van der Waals surface area contributed by atoms with Gasteiger partial charge in [0.2, 0.25) is 0 Å². The molecular formula is C14H11BrClNO. The molecule has 0 aliphatic heterocycles. The van der Waals surface area contributed by atoms with Crippen molar-refractivity contribution in [1.82, 2.24) is 0 Å². The number of nitrogens with one attached hydrogen (secondary N) is 1. The summed E-state index contributed by atoms with van der Waals surface area (Å²) in [6.07, 6.45) is 0. The second-order valence-electron chi connectivity index (χ2n) is 3.94. The minimum atomic E-state index is -0.149. The van der Waals surface area contributed by atoms with Crippen molar-refractivity contribution in [2.75, 3.05) is 5.32 Å². The van der Waals surface area contributed by atoms with Crippen LogP contribution in [0.2, 0.25) is 5.02 Å². The van der Waals surface area contributed by atoms with Gasteiger partial charge in [-0.05, 0) is 64.8 Å². The highest BCUT2D eigenvalue weighted by atomic mass is 79.9. The Balaban J connectivity index is 2.19. The van der Waals surface area contributed by atoms with Crippen LogP contribution in [-0.4, -0.2) is 5.91 Å². The van der Waals surface area contributed by atoms with Gasteiger partial charge in [0.05, 0.1) is 5.56 Å². The molecular weight excluding hydrogens is 314 g/mol. The van der Waals surface area contributed by atoms with Crippen LogP contribution in [0.4, 0.5) is 5.69 Å². The smallest absolute Gasteiger partial charge is 0.256 e. The van der Waals surface area contributed by atoms with Gasteiger partial charge in [0.15, 0.2) is 0 Å². The lowest BCUT2D eigenvalue weighted by atomic mass is 10.1. The van der Waals surface area contributed by atoms with Crippen molar-refractivity contribution in [2.24, 2.45) is 0 Å². The van der Waals surface area contributed by atoms with Crippen LogP contribution in [0.5, 0.6) is 0 Å². The Morgan fingerprint density at radius 3 is 2.44 bits per heavy atom. The summed E-state index contributed by atoms with van der Waals surface area (Å²) in [5.41, 5.74) is 2.43. The van der Waals surface area contributed by atoms with Crippen LogP contribution >= 0.6 is 27.5 Å². The highest BCUT2D eigenvalue weighted by molar-refractivity contribution is 9.10. The molecule has 1 N–H and O–H groups in total. The van der Waals surface area contributed by atoms with E-state index in [-0.39, 0.29) is 5.91 Å². The molecule has 0 heterocycles. The lowest BCUT2D eigenvalue weighted by Crippen LogP contribution is -2.12. The molecule has 0 radical (unpaired) electrons. The van der Waals surface area contributed by atoms with Crippen LogP contribution in [0, 0.1) is 6.92 Å². The number of halogens is 2. The summed E-state index contributed by atoms with van der Waals surface area (Å²) < 4.78 is 0.786. The van der Waals surface area contributed by atoms with Crippen LogP contribution in [-0.2, 0) is 0 Å². The summed E-state index contributed by atoms with van der Waals surface area (Å²) in [7, 11) is 0. The molecule has 4 heteroatoms. The number of hydrogen-bond acceptors (Lipinski definition) is 1. The fraction of sp³-hybridized carbons (Fsp3) is 0.0714. The van der Waals surface area contributed by atoms with E-state index < -0.39 is 0 Å². The molecule has 0 saturated heterocycles. The number of benzene rings is 2. The summed E-state index contributed by atoms with van der Waals surface area (Å²) in [5, 5.41) is 3.46. The summed E-state index contributed by atoms with van der Waals surface area (Å²) >= 11 is 9.18. The highest BCUT2D eigenvalue weighted by Crippen LogP contribution is 2.20. The maximum atomic E-state index is 12.1. The Hall–Kier alpha value is -1.32. The van der Waals surface area contributed by atoms with Crippen LogP contribution in [0.3, 0.4) is 0 Å². The minimum absolute atomic E-state index is 0.149. The minimum Gasteiger partial charge on any atom is -0.322 e. The van der Waals surface area contributed by atoms with Gasteiger partial charge in [-0.1, -0.05) is 17.7 Å². The van der Waals surface area contributed by atoms with Crippen molar-refractivity contribution in [3.8, 4) is 0 Å². The fourth-order valence-corrected chi connectivity index (χ4v) is 2.34. The highest BCUT2D eigenvalue weighted by Gasteiger charge is 2.09. The summed E-state index contributed by atoms with van der Waals surface area (Å²) in [6.45, 7) is 1.98. The Kier molecular flexibility index (Phi) is 4.04. The maximum absolute atomic E-state index is 12.1. The first kappa shape index (κ1) is 13.1. The second-order valence-corrected chi connectivity index (χ2v) is 5.24. The van der Waals surface area contributed by atoms with Crippen molar-refractivity contribution in [3.63, 3.8) is 0 Å². The molecule has 0 aliphatic rings. The van der Waals surface area contributed by atoms with Crippen LogP contribution < -0.4 is 5.32 Å². The van der Waals surface area contributed by atoms with E-state index in [1.807, 2.05) is 19.1 Å². The average molecular weight is 325 g/mol. The van der Waals surface area contributed by atoms with Crippen molar-refractivity contribution in [2.45, 2.75) is 6.92 Å². The third-order valence-electron chi connectivity index (χ3n) is 2.47. The third kappa shape index (κ3) is 3.12. The SMILES string of the molecule is Cc1ccc(C(=O)Nc2ccc(Cl)cc2)c(Br)c1. The van der Waals surface area contributed by atoms with Gasteiger partial charge in [0, 0.05) is 15.2 Å². The van der Waals surface area contributed by atoms with Crippen molar-refractivity contribution in [1.29, 1.82) is 0 Å². The molecule has 0 unspecified atom stereocenters. The van der Waals surface area contributed by atoms with E-state index >= 15 is 0 Å². The second kappa shape index (κ2) is 5.55. The zero-order chi connectivity index (χ0) is 13.1. The van der Waals surface area contributed by atoms with Crippen molar-refractivity contribution >= 4 is 39.1 Å². The van der Waals surface area contributed by atoms with E-state index in [0.717, 1.165) is 15.7 Å². The molecule has 1 amide bonds. The number of rotatable bonds is 2. The number of carbonyl (C=O) groups is 1. The van der Waals surface area contributed by atoms with E-state index in [0.29, 0.717) is 10.6 Å². The molecule has 0 aromatic heterocycles. The molecule has 18 heavy (non-hydrogen) atoms. The molecule has 0 atom stereocenters. The Labute approximate surface area is 119 Å². The van der Waals surface area contributed by atoms with E-state index in [1.54, 1.807) is 30.3 Å². The van der Waals surface area contributed by atoms with Crippen molar-refractivity contribution < 1.29 is 4.79 Å². The number of carbonyl (C=O) groups excluding carboxylic acids is 1. The Morgan fingerprint density at radius 1 is 1.17 bits per heavy atom. The topological polar surface area (TPSA) is 29.1 Å². The van der Waals surface area contributed by atoms with E-state index in [9.17, 15) is 4.79 Å². The molecule has 2 aromatic rings. The zero-order valence-electron chi connectivity index (χ0n) is 9.71. The molecule has 2 aromatic carbocycles. The number of hydrogen-bond donors (Lipinski definition) is 1. The van der Waals surface area contributed by atoms with Crippen molar-refractivity contribution in [3.05, 3.63) is 63.1 Å². The molecule has 0 bridgehead atoms. The summed E-state index contributed by atoms with van der Waals surface area (Å²) in [6, 6.07) is 12.6. The van der Waals surface area contributed by atoms with E-state index in [4.69, 9.17) is 11.6 Å².